The Morgan fingerprint density at radius 2 is 2.12 bits per heavy atom. The molecule has 0 aliphatic heterocycles. The number of nitrogens with one attached hydrogen (secondary N) is 1. The molecule has 0 amide bonds. The highest BCUT2D eigenvalue weighted by Gasteiger charge is 2.19. The minimum Gasteiger partial charge on any atom is -0.379 e. The summed E-state index contributed by atoms with van der Waals surface area (Å²) in [5, 5.41) is 12.0. The van der Waals surface area contributed by atoms with Crippen molar-refractivity contribution in [2.24, 2.45) is 0 Å². The number of nitrogens with zero attached hydrogens (tertiary/aromatic N) is 1. The molecule has 0 aliphatic carbocycles. The Morgan fingerprint density at radius 3 is 2.65 bits per heavy atom. The molecule has 1 N–H and O–H groups in total. The predicted octanol–water partition coefficient (Wildman–Crippen LogP) is 2.10. The van der Waals surface area contributed by atoms with Gasteiger partial charge in [-0.15, -0.1) is 0 Å². The van der Waals surface area contributed by atoms with Gasteiger partial charge in [-0.3, -0.25) is 0 Å². The standard InChI is InChI=1S/C13H26N2O2/c1-5-16-10-12(2)17-9-7-6-8-13(3,11-14)15-4/h12,15H,5-10H2,1-4H3. The van der Waals surface area contributed by atoms with Crippen molar-refractivity contribution in [1.29, 1.82) is 5.26 Å². The molecule has 2 atom stereocenters. The van der Waals surface area contributed by atoms with Crippen LogP contribution >= 0.6 is 0 Å². The molecular formula is C13H26N2O2. The number of ether oxygens (including phenoxy) is 2. The normalized spacial score (nSPS) is 16.2. The molecule has 2 unspecified atom stereocenters. The van der Waals surface area contributed by atoms with Gasteiger partial charge in [0, 0.05) is 13.2 Å². The number of hydrogen-bond donors (Lipinski definition) is 1. The van der Waals surface area contributed by atoms with Crippen molar-refractivity contribution in [3.05, 3.63) is 0 Å². The Labute approximate surface area is 105 Å². The average Bonchev–Trinajstić information content (AvgIpc) is 2.35. The van der Waals surface area contributed by atoms with E-state index in [1.165, 1.54) is 0 Å². The molecule has 0 radical (unpaired) electrons. The van der Waals surface area contributed by atoms with E-state index < -0.39 is 5.54 Å². The summed E-state index contributed by atoms with van der Waals surface area (Å²) < 4.78 is 10.9. The molecule has 0 aromatic heterocycles. The molecule has 4 nitrogen and oxygen atoms in total. The Balaban J connectivity index is 3.49. The SMILES string of the molecule is CCOCC(C)OCCCCC(C)(C#N)NC. The third-order valence-corrected chi connectivity index (χ3v) is 2.83. The number of hydrogen-bond acceptors (Lipinski definition) is 4. The third-order valence-electron chi connectivity index (χ3n) is 2.83. The van der Waals surface area contributed by atoms with Crippen molar-refractivity contribution in [2.75, 3.05) is 26.9 Å². The lowest BCUT2D eigenvalue weighted by Gasteiger charge is -2.20. The average molecular weight is 242 g/mol. The van der Waals surface area contributed by atoms with Crippen molar-refractivity contribution >= 4 is 0 Å². The minimum atomic E-state index is -0.406. The molecule has 0 aliphatic rings. The van der Waals surface area contributed by atoms with E-state index in [1.54, 1.807) is 0 Å². The number of nitriles is 1. The molecule has 100 valence electrons. The monoisotopic (exact) mass is 242 g/mol. The van der Waals surface area contributed by atoms with Crippen molar-refractivity contribution in [1.82, 2.24) is 5.32 Å². The second kappa shape index (κ2) is 9.41. The first-order valence-corrected chi connectivity index (χ1v) is 6.37. The molecular weight excluding hydrogens is 216 g/mol. The van der Waals surface area contributed by atoms with E-state index in [1.807, 2.05) is 27.8 Å². The van der Waals surface area contributed by atoms with Crippen LogP contribution in [-0.4, -0.2) is 38.5 Å². The predicted molar refractivity (Wildman–Crippen MR) is 68.8 cm³/mol. The Hall–Kier alpha value is -0.630. The molecule has 17 heavy (non-hydrogen) atoms. The fourth-order valence-electron chi connectivity index (χ4n) is 1.43. The molecule has 0 heterocycles. The van der Waals surface area contributed by atoms with Crippen LogP contribution in [-0.2, 0) is 9.47 Å². The van der Waals surface area contributed by atoms with Crippen molar-refractivity contribution in [3.63, 3.8) is 0 Å². The van der Waals surface area contributed by atoms with E-state index in [2.05, 4.69) is 11.4 Å². The fraction of sp³-hybridized carbons (Fsp3) is 0.923. The van der Waals surface area contributed by atoms with Crippen LogP contribution in [0.1, 0.15) is 40.0 Å². The number of unbranched alkanes of at least 4 members (excludes halogenated alkanes) is 1. The summed E-state index contributed by atoms with van der Waals surface area (Å²) in [4.78, 5) is 0. The first-order valence-electron chi connectivity index (χ1n) is 6.37. The second-order valence-corrected chi connectivity index (χ2v) is 4.49. The zero-order chi connectivity index (χ0) is 13.1. The van der Waals surface area contributed by atoms with Gasteiger partial charge in [-0.05, 0) is 47.1 Å². The smallest absolute Gasteiger partial charge is 0.103 e. The zero-order valence-corrected chi connectivity index (χ0v) is 11.6. The largest absolute Gasteiger partial charge is 0.379 e. The van der Waals surface area contributed by atoms with Gasteiger partial charge in [-0.25, -0.2) is 0 Å². The molecule has 0 saturated heterocycles. The quantitative estimate of drug-likeness (QED) is 0.596. The summed E-state index contributed by atoms with van der Waals surface area (Å²) in [5.74, 6) is 0. The Morgan fingerprint density at radius 1 is 1.41 bits per heavy atom. The molecule has 0 fully saturated rings. The van der Waals surface area contributed by atoms with Crippen LogP contribution in [0.2, 0.25) is 0 Å². The molecule has 0 spiro atoms. The lowest BCUT2D eigenvalue weighted by Crippen LogP contribution is -2.37. The number of rotatable bonds is 10. The van der Waals surface area contributed by atoms with Crippen LogP contribution in [0.5, 0.6) is 0 Å². The Bertz CT molecular complexity index is 228. The second-order valence-electron chi connectivity index (χ2n) is 4.49. The molecule has 4 heteroatoms. The summed E-state index contributed by atoms with van der Waals surface area (Å²) in [6.45, 7) is 8.04. The van der Waals surface area contributed by atoms with Gasteiger partial charge in [-0.1, -0.05) is 0 Å². The summed E-state index contributed by atoms with van der Waals surface area (Å²) in [6.07, 6.45) is 2.98. The van der Waals surface area contributed by atoms with E-state index in [4.69, 9.17) is 14.7 Å². The van der Waals surface area contributed by atoms with Crippen LogP contribution in [0.3, 0.4) is 0 Å². The Kier molecular flexibility index (Phi) is 9.06. The molecule has 0 bridgehead atoms. The lowest BCUT2D eigenvalue weighted by molar-refractivity contribution is -0.00477. The van der Waals surface area contributed by atoms with E-state index >= 15 is 0 Å². The van der Waals surface area contributed by atoms with Crippen LogP contribution < -0.4 is 5.32 Å². The lowest BCUT2D eigenvalue weighted by atomic mass is 9.97. The van der Waals surface area contributed by atoms with Crippen molar-refractivity contribution in [2.45, 2.75) is 51.7 Å². The van der Waals surface area contributed by atoms with Gasteiger partial charge in [0.25, 0.3) is 0 Å². The van der Waals surface area contributed by atoms with E-state index in [-0.39, 0.29) is 6.10 Å². The van der Waals surface area contributed by atoms with Gasteiger partial charge in [0.2, 0.25) is 0 Å². The summed E-state index contributed by atoms with van der Waals surface area (Å²) >= 11 is 0. The molecule has 0 rings (SSSR count). The van der Waals surface area contributed by atoms with E-state index in [0.717, 1.165) is 32.5 Å². The highest BCUT2D eigenvalue weighted by molar-refractivity contribution is 5.02. The summed E-state index contributed by atoms with van der Waals surface area (Å²) in [7, 11) is 1.82. The van der Waals surface area contributed by atoms with Gasteiger partial charge >= 0.3 is 0 Å². The zero-order valence-electron chi connectivity index (χ0n) is 11.6. The van der Waals surface area contributed by atoms with Crippen LogP contribution in [0, 0.1) is 11.3 Å². The third kappa shape index (κ3) is 8.14. The van der Waals surface area contributed by atoms with Gasteiger partial charge in [0.15, 0.2) is 0 Å². The van der Waals surface area contributed by atoms with E-state index in [9.17, 15) is 0 Å². The van der Waals surface area contributed by atoms with Crippen LogP contribution in [0.25, 0.3) is 0 Å². The van der Waals surface area contributed by atoms with Crippen LogP contribution in [0.4, 0.5) is 0 Å². The van der Waals surface area contributed by atoms with Crippen molar-refractivity contribution < 1.29 is 9.47 Å². The van der Waals surface area contributed by atoms with E-state index in [0.29, 0.717) is 6.61 Å². The topological polar surface area (TPSA) is 54.3 Å². The van der Waals surface area contributed by atoms with Gasteiger partial charge in [0.05, 0.1) is 18.8 Å². The highest BCUT2D eigenvalue weighted by Crippen LogP contribution is 2.12. The first-order chi connectivity index (χ1) is 8.08. The summed E-state index contributed by atoms with van der Waals surface area (Å²) in [6, 6.07) is 2.28. The van der Waals surface area contributed by atoms with Crippen molar-refractivity contribution in [3.8, 4) is 6.07 Å². The molecule has 0 aromatic carbocycles. The summed E-state index contributed by atoms with van der Waals surface area (Å²) in [5.41, 5.74) is -0.406. The van der Waals surface area contributed by atoms with Gasteiger partial charge in [0.1, 0.15) is 5.54 Å². The minimum absolute atomic E-state index is 0.154. The molecule has 0 aromatic rings. The molecule has 0 saturated carbocycles. The van der Waals surface area contributed by atoms with Crippen LogP contribution in [0.15, 0.2) is 0 Å². The fourth-order valence-corrected chi connectivity index (χ4v) is 1.43. The highest BCUT2D eigenvalue weighted by atomic mass is 16.5. The first kappa shape index (κ1) is 16.4. The van der Waals surface area contributed by atoms with Gasteiger partial charge in [-0.2, -0.15) is 5.26 Å². The van der Waals surface area contributed by atoms with Gasteiger partial charge < -0.3 is 14.8 Å². The maximum Gasteiger partial charge on any atom is 0.103 e. The maximum absolute atomic E-state index is 8.97. The maximum atomic E-state index is 8.97.